The van der Waals surface area contributed by atoms with Crippen molar-refractivity contribution in [3.8, 4) is 5.75 Å². The number of piperidine rings is 1. The lowest BCUT2D eigenvalue weighted by molar-refractivity contribution is -0.122. The first kappa shape index (κ1) is 12.9. The molecule has 1 saturated heterocycles. The molecule has 1 atom stereocenters. The number of hydrogen-bond donors (Lipinski definition) is 2. The van der Waals surface area contributed by atoms with Gasteiger partial charge in [-0.1, -0.05) is 12.1 Å². The maximum absolute atomic E-state index is 11.0. The molecule has 1 heterocycles. The number of amides is 1. The van der Waals surface area contributed by atoms with Crippen LogP contribution >= 0.6 is 0 Å². The van der Waals surface area contributed by atoms with E-state index in [4.69, 9.17) is 4.74 Å². The van der Waals surface area contributed by atoms with Crippen LogP contribution in [0.1, 0.15) is 24.0 Å². The van der Waals surface area contributed by atoms with Gasteiger partial charge in [0.1, 0.15) is 5.75 Å². The first-order valence-corrected chi connectivity index (χ1v) is 6.32. The average Bonchev–Trinajstić information content (AvgIpc) is 2.38. The third kappa shape index (κ3) is 3.23. The minimum atomic E-state index is 0.161. The van der Waals surface area contributed by atoms with E-state index in [0.717, 1.165) is 30.8 Å². The molecule has 1 aromatic carbocycles. The predicted octanol–water partition coefficient (Wildman–Crippen LogP) is 1.37. The van der Waals surface area contributed by atoms with Gasteiger partial charge < -0.3 is 15.4 Å². The fourth-order valence-electron chi connectivity index (χ4n) is 2.22. The Morgan fingerprint density at radius 2 is 2.33 bits per heavy atom. The number of nitrogens with one attached hydrogen (secondary N) is 2. The van der Waals surface area contributed by atoms with E-state index in [-0.39, 0.29) is 5.91 Å². The molecule has 98 valence electrons. The van der Waals surface area contributed by atoms with Crippen molar-refractivity contribution in [3.63, 3.8) is 0 Å². The SMILES string of the molecule is COc1ccc(CNC2CCC(=O)NC2)cc1C. The van der Waals surface area contributed by atoms with E-state index in [9.17, 15) is 4.79 Å². The smallest absolute Gasteiger partial charge is 0.220 e. The number of methoxy groups -OCH3 is 1. The molecular formula is C14H20N2O2. The highest BCUT2D eigenvalue weighted by atomic mass is 16.5. The normalized spacial score (nSPS) is 19.4. The van der Waals surface area contributed by atoms with Crippen molar-refractivity contribution < 1.29 is 9.53 Å². The number of carbonyl (C=O) groups excluding carboxylic acids is 1. The van der Waals surface area contributed by atoms with E-state index < -0.39 is 0 Å². The van der Waals surface area contributed by atoms with Gasteiger partial charge in [-0.2, -0.15) is 0 Å². The van der Waals surface area contributed by atoms with Gasteiger partial charge in [0.2, 0.25) is 5.91 Å². The van der Waals surface area contributed by atoms with Crippen LogP contribution in [0.5, 0.6) is 5.75 Å². The zero-order valence-corrected chi connectivity index (χ0v) is 11.0. The van der Waals surface area contributed by atoms with Gasteiger partial charge in [-0.05, 0) is 30.5 Å². The van der Waals surface area contributed by atoms with Crippen molar-refractivity contribution >= 4 is 5.91 Å². The summed E-state index contributed by atoms with van der Waals surface area (Å²) in [4.78, 5) is 11.0. The van der Waals surface area contributed by atoms with Crippen molar-refractivity contribution in [3.05, 3.63) is 29.3 Å². The van der Waals surface area contributed by atoms with Crippen molar-refractivity contribution in [2.24, 2.45) is 0 Å². The van der Waals surface area contributed by atoms with Gasteiger partial charge in [0.05, 0.1) is 7.11 Å². The summed E-state index contributed by atoms with van der Waals surface area (Å²) in [5.74, 6) is 1.08. The Hall–Kier alpha value is -1.55. The number of ether oxygens (including phenoxy) is 1. The molecule has 0 saturated carbocycles. The summed E-state index contributed by atoms with van der Waals surface area (Å²) in [6.07, 6.45) is 1.54. The van der Waals surface area contributed by atoms with Crippen LogP contribution in [0.3, 0.4) is 0 Å². The molecule has 4 heteroatoms. The van der Waals surface area contributed by atoms with Crippen LogP contribution < -0.4 is 15.4 Å². The number of carbonyl (C=O) groups is 1. The summed E-state index contributed by atoms with van der Waals surface area (Å²) in [5, 5.41) is 6.34. The lowest BCUT2D eigenvalue weighted by Gasteiger charge is -2.23. The van der Waals surface area contributed by atoms with Gasteiger partial charge in [-0.25, -0.2) is 0 Å². The highest BCUT2D eigenvalue weighted by Crippen LogP contribution is 2.18. The summed E-state index contributed by atoms with van der Waals surface area (Å²) in [6.45, 7) is 3.60. The molecule has 1 aromatic rings. The molecule has 0 radical (unpaired) electrons. The Morgan fingerprint density at radius 3 is 2.94 bits per heavy atom. The van der Waals surface area contributed by atoms with Crippen LogP contribution in [0, 0.1) is 6.92 Å². The summed E-state index contributed by atoms with van der Waals surface area (Å²) in [6, 6.07) is 6.58. The van der Waals surface area contributed by atoms with Gasteiger partial charge in [0, 0.05) is 25.6 Å². The van der Waals surface area contributed by atoms with E-state index >= 15 is 0 Å². The summed E-state index contributed by atoms with van der Waals surface area (Å²) >= 11 is 0. The van der Waals surface area contributed by atoms with Crippen LogP contribution in [-0.4, -0.2) is 25.6 Å². The highest BCUT2D eigenvalue weighted by Gasteiger charge is 2.16. The second-order valence-corrected chi connectivity index (χ2v) is 4.72. The minimum Gasteiger partial charge on any atom is -0.496 e. The summed E-state index contributed by atoms with van der Waals surface area (Å²) < 4.78 is 5.24. The Labute approximate surface area is 108 Å². The zero-order valence-electron chi connectivity index (χ0n) is 11.0. The van der Waals surface area contributed by atoms with Crippen molar-refractivity contribution in [1.82, 2.24) is 10.6 Å². The Balaban J connectivity index is 1.86. The molecule has 0 spiro atoms. The lowest BCUT2D eigenvalue weighted by atomic mass is 10.1. The van der Waals surface area contributed by atoms with Crippen LogP contribution in [-0.2, 0) is 11.3 Å². The van der Waals surface area contributed by atoms with Crippen LogP contribution in [0.4, 0.5) is 0 Å². The maximum atomic E-state index is 11.0. The van der Waals surface area contributed by atoms with Gasteiger partial charge in [0.15, 0.2) is 0 Å². The average molecular weight is 248 g/mol. The third-order valence-corrected chi connectivity index (χ3v) is 3.32. The Morgan fingerprint density at radius 1 is 1.50 bits per heavy atom. The minimum absolute atomic E-state index is 0.161. The quantitative estimate of drug-likeness (QED) is 0.846. The van der Waals surface area contributed by atoms with Crippen LogP contribution in [0.15, 0.2) is 18.2 Å². The van der Waals surface area contributed by atoms with E-state index in [0.29, 0.717) is 12.5 Å². The number of benzene rings is 1. The number of rotatable bonds is 4. The molecule has 0 aliphatic carbocycles. The molecule has 0 bridgehead atoms. The molecule has 18 heavy (non-hydrogen) atoms. The van der Waals surface area contributed by atoms with E-state index in [2.05, 4.69) is 22.8 Å². The first-order valence-electron chi connectivity index (χ1n) is 6.32. The Kier molecular flexibility index (Phi) is 4.20. The fourth-order valence-corrected chi connectivity index (χ4v) is 2.22. The van der Waals surface area contributed by atoms with Crippen molar-refractivity contribution in [2.75, 3.05) is 13.7 Å². The predicted molar refractivity (Wildman–Crippen MR) is 70.6 cm³/mol. The molecule has 1 aliphatic heterocycles. The monoisotopic (exact) mass is 248 g/mol. The molecule has 2 N–H and O–H groups in total. The van der Waals surface area contributed by atoms with Gasteiger partial charge in [0.25, 0.3) is 0 Å². The molecular weight excluding hydrogens is 228 g/mol. The molecule has 1 unspecified atom stereocenters. The molecule has 1 amide bonds. The molecule has 1 aliphatic rings. The third-order valence-electron chi connectivity index (χ3n) is 3.32. The van der Waals surface area contributed by atoms with Gasteiger partial charge in [-0.15, -0.1) is 0 Å². The second kappa shape index (κ2) is 5.87. The molecule has 0 aromatic heterocycles. The standard InChI is InChI=1S/C14H20N2O2/c1-10-7-11(3-5-13(10)18-2)8-15-12-4-6-14(17)16-9-12/h3,5,7,12,15H,4,6,8-9H2,1-2H3,(H,16,17). The van der Waals surface area contributed by atoms with E-state index in [1.165, 1.54) is 5.56 Å². The fraction of sp³-hybridized carbons (Fsp3) is 0.500. The lowest BCUT2D eigenvalue weighted by Crippen LogP contribution is -2.45. The zero-order chi connectivity index (χ0) is 13.0. The highest BCUT2D eigenvalue weighted by molar-refractivity contribution is 5.76. The summed E-state index contributed by atoms with van der Waals surface area (Å²) in [7, 11) is 1.69. The topological polar surface area (TPSA) is 50.4 Å². The summed E-state index contributed by atoms with van der Waals surface area (Å²) in [5.41, 5.74) is 2.39. The van der Waals surface area contributed by atoms with Crippen LogP contribution in [0.25, 0.3) is 0 Å². The van der Waals surface area contributed by atoms with E-state index in [1.807, 2.05) is 13.0 Å². The van der Waals surface area contributed by atoms with Crippen molar-refractivity contribution in [2.45, 2.75) is 32.4 Å². The molecule has 2 rings (SSSR count). The van der Waals surface area contributed by atoms with Gasteiger partial charge >= 0.3 is 0 Å². The number of aryl methyl sites for hydroxylation is 1. The van der Waals surface area contributed by atoms with Crippen molar-refractivity contribution in [1.29, 1.82) is 0 Å². The van der Waals surface area contributed by atoms with Crippen LogP contribution in [0.2, 0.25) is 0 Å². The largest absolute Gasteiger partial charge is 0.496 e. The number of hydrogen-bond acceptors (Lipinski definition) is 3. The maximum Gasteiger partial charge on any atom is 0.220 e. The molecule has 4 nitrogen and oxygen atoms in total. The second-order valence-electron chi connectivity index (χ2n) is 4.72. The van der Waals surface area contributed by atoms with E-state index in [1.54, 1.807) is 7.11 Å². The van der Waals surface area contributed by atoms with Gasteiger partial charge in [-0.3, -0.25) is 4.79 Å². The Bertz CT molecular complexity index is 422. The molecule has 1 fully saturated rings. The first-order chi connectivity index (χ1) is 8.69.